The molecular formula is C13H16BrN3O3. The predicted molar refractivity (Wildman–Crippen MR) is 78.5 cm³/mol. The number of rotatable bonds is 3. The molecule has 1 fully saturated rings. The first-order chi connectivity index (χ1) is 9.47. The van der Waals surface area contributed by atoms with E-state index in [4.69, 9.17) is 5.73 Å². The van der Waals surface area contributed by atoms with Crippen molar-refractivity contribution < 1.29 is 9.72 Å². The number of carbonyl (C=O) groups excluding carboxylic acids is 1. The fourth-order valence-electron chi connectivity index (χ4n) is 2.40. The van der Waals surface area contributed by atoms with Crippen LogP contribution in [0.3, 0.4) is 0 Å². The number of non-ortho nitro benzene ring substituents is 1. The molecule has 7 heteroatoms. The van der Waals surface area contributed by atoms with Crippen LogP contribution in [0.1, 0.15) is 36.0 Å². The minimum absolute atomic E-state index is 0.0464. The maximum absolute atomic E-state index is 12.2. The zero-order chi connectivity index (χ0) is 14.7. The molecule has 1 amide bonds. The Balaban J connectivity index is 2.14. The third kappa shape index (κ3) is 3.55. The molecule has 6 nitrogen and oxygen atoms in total. The molecule has 0 aliphatic heterocycles. The number of nitrogens with zero attached hydrogens (tertiary/aromatic N) is 1. The number of carbonyl (C=O) groups is 1. The Kier molecular flexibility index (Phi) is 4.72. The summed E-state index contributed by atoms with van der Waals surface area (Å²) in [5.74, 6) is -0.322. The number of halogens is 1. The molecule has 1 aromatic rings. The van der Waals surface area contributed by atoms with Crippen molar-refractivity contribution in [3.63, 3.8) is 0 Å². The summed E-state index contributed by atoms with van der Waals surface area (Å²) in [6.45, 7) is 0. The summed E-state index contributed by atoms with van der Waals surface area (Å²) < 4.78 is 0.504. The van der Waals surface area contributed by atoms with Gasteiger partial charge in [0, 0.05) is 34.3 Å². The van der Waals surface area contributed by atoms with Crippen LogP contribution in [0.4, 0.5) is 5.69 Å². The van der Waals surface area contributed by atoms with Crippen molar-refractivity contribution in [3.8, 4) is 0 Å². The van der Waals surface area contributed by atoms with E-state index in [0.717, 1.165) is 25.7 Å². The van der Waals surface area contributed by atoms with Gasteiger partial charge in [-0.1, -0.05) is 28.8 Å². The zero-order valence-corrected chi connectivity index (χ0v) is 12.4. The largest absolute Gasteiger partial charge is 0.348 e. The maximum Gasteiger partial charge on any atom is 0.271 e. The van der Waals surface area contributed by atoms with E-state index < -0.39 is 4.92 Å². The lowest BCUT2D eigenvalue weighted by atomic mass is 9.91. The molecule has 0 spiro atoms. The van der Waals surface area contributed by atoms with Gasteiger partial charge in [-0.15, -0.1) is 0 Å². The second kappa shape index (κ2) is 6.32. The van der Waals surface area contributed by atoms with E-state index in [1.54, 1.807) is 6.07 Å². The lowest BCUT2D eigenvalue weighted by Crippen LogP contribution is -2.49. The molecule has 0 radical (unpaired) electrons. The number of amides is 1. The van der Waals surface area contributed by atoms with Gasteiger partial charge in [-0.3, -0.25) is 14.9 Å². The quantitative estimate of drug-likeness (QED) is 0.651. The van der Waals surface area contributed by atoms with E-state index in [1.807, 2.05) is 0 Å². The average molecular weight is 342 g/mol. The molecule has 1 aliphatic rings. The molecule has 108 valence electrons. The molecule has 0 heterocycles. The van der Waals surface area contributed by atoms with Crippen molar-refractivity contribution in [2.75, 3.05) is 0 Å². The predicted octanol–water partition coefficient (Wildman–Crippen LogP) is 2.36. The number of hydrogen-bond donors (Lipinski definition) is 2. The summed E-state index contributed by atoms with van der Waals surface area (Å²) in [5, 5.41) is 13.7. The highest BCUT2D eigenvalue weighted by Crippen LogP contribution is 2.22. The van der Waals surface area contributed by atoms with E-state index in [1.165, 1.54) is 12.1 Å². The van der Waals surface area contributed by atoms with Crippen molar-refractivity contribution in [3.05, 3.63) is 38.3 Å². The van der Waals surface area contributed by atoms with Crippen LogP contribution in [0.15, 0.2) is 22.7 Å². The smallest absolute Gasteiger partial charge is 0.271 e. The molecule has 0 bridgehead atoms. The van der Waals surface area contributed by atoms with E-state index in [-0.39, 0.29) is 29.2 Å². The van der Waals surface area contributed by atoms with Crippen molar-refractivity contribution in [1.82, 2.24) is 5.32 Å². The monoisotopic (exact) mass is 341 g/mol. The Hall–Kier alpha value is -1.47. The van der Waals surface area contributed by atoms with Gasteiger partial charge in [0.1, 0.15) is 0 Å². The van der Waals surface area contributed by atoms with Crippen LogP contribution in [0.2, 0.25) is 0 Å². The van der Waals surface area contributed by atoms with Crippen molar-refractivity contribution >= 4 is 27.5 Å². The Morgan fingerprint density at radius 2 is 2.05 bits per heavy atom. The van der Waals surface area contributed by atoms with Gasteiger partial charge < -0.3 is 11.1 Å². The number of hydrogen-bond acceptors (Lipinski definition) is 4. The fourth-order valence-corrected chi connectivity index (χ4v) is 2.88. The van der Waals surface area contributed by atoms with Crippen molar-refractivity contribution in [2.45, 2.75) is 37.8 Å². The van der Waals surface area contributed by atoms with E-state index in [2.05, 4.69) is 21.2 Å². The van der Waals surface area contributed by atoms with Gasteiger partial charge in [0.15, 0.2) is 0 Å². The maximum atomic E-state index is 12.2. The Morgan fingerprint density at radius 3 is 2.70 bits per heavy atom. The van der Waals surface area contributed by atoms with Gasteiger partial charge in [0.05, 0.1) is 4.92 Å². The Bertz CT molecular complexity index is 536. The molecule has 0 aromatic heterocycles. The SMILES string of the molecule is N[C@@H]1CCCC[C@H]1NC(=O)c1cc(Br)cc([N+](=O)[O-])c1. The number of nitro benzene ring substituents is 1. The number of nitrogens with two attached hydrogens (primary N) is 1. The lowest BCUT2D eigenvalue weighted by molar-refractivity contribution is -0.385. The molecule has 0 unspecified atom stereocenters. The molecule has 1 saturated carbocycles. The molecule has 1 aliphatic carbocycles. The average Bonchev–Trinajstić information content (AvgIpc) is 2.40. The minimum atomic E-state index is -0.520. The van der Waals surface area contributed by atoms with Crippen LogP contribution >= 0.6 is 15.9 Å². The lowest BCUT2D eigenvalue weighted by Gasteiger charge is -2.29. The normalized spacial score (nSPS) is 22.3. The molecule has 1 aromatic carbocycles. The van der Waals surface area contributed by atoms with E-state index in [9.17, 15) is 14.9 Å². The Morgan fingerprint density at radius 1 is 1.35 bits per heavy atom. The van der Waals surface area contributed by atoms with Gasteiger partial charge in [-0.05, 0) is 18.9 Å². The van der Waals surface area contributed by atoms with Gasteiger partial charge in [-0.25, -0.2) is 0 Å². The molecule has 3 N–H and O–H groups in total. The zero-order valence-electron chi connectivity index (χ0n) is 10.8. The van der Waals surface area contributed by atoms with E-state index >= 15 is 0 Å². The van der Waals surface area contributed by atoms with Crippen LogP contribution in [-0.2, 0) is 0 Å². The second-order valence-electron chi connectivity index (χ2n) is 4.98. The Labute approximate surface area is 125 Å². The minimum Gasteiger partial charge on any atom is -0.348 e. The summed E-state index contributed by atoms with van der Waals surface area (Å²) in [6.07, 6.45) is 3.86. The summed E-state index contributed by atoms with van der Waals surface area (Å²) in [4.78, 5) is 22.5. The summed E-state index contributed by atoms with van der Waals surface area (Å²) in [7, 11) is 0. The number of nitrogens with one attached hydrogen (secondary N) is 1. The van der Waals surface area contributed by atoms with Crippen molar-refractivity contribution in [2.24, 2.45) is 5.73 Å². The second-order valence-corrected chi connectivity index (χ2v) is 5.90. The molecular weight excluding hydrogens is 326 g/mol. The highest BCUT2D eigenvalue weighted by Gasteiger charge is 2.24. The highest BCUT2D eigenvalue weighted by atomic mass is 79.9. The molecule has 2 atom stereocenters. The molecule has 0 saturated heterocycles. The summed E-state index contributed by atoms with van der Waals surface area (Å²) in [6, 6.07) is 4.10. The van der Waals surface area contributed by atoms with Gasteiger partial charge in [0.2, 0.25) is 0 Å². The molecule has 2 rings (SSSR count). The van der Waals surface area contributed by atoms with Crippen LogP contribution in [0, 0.1) is 10.1 Å². The summed E-state index contributed by atoms with van der Waals surface area (Å²) >= 11 is 3.18. The van der Waals surface area contributed by atoms with Gasteiger partial charge in [-0.2, -0.15) is 0 Å². The van der Waals surface area contributed by atoms with Gasteiger partial charge >= 0.3 is 0 Å². The first kappa shape index (κ1) is 14.9. The number of nitro groups is 1. The summed E-state index contributed by atoms with van der Waals surface area (Å²) in [5.41, 5.74) is 6.14. The highest BCUT2D eigenvalue weighted by molar-refractivity contribution is 9.10. The first-order valence-electron chi connectivity index (χ1n) is 6.49. The topological polar surface area (TPSA) is 98.3 Å². The number of benzene rings is 1. The van der Waals surface area contributed by atoms with Crippen LogP contribution in [0.25, 0.3) is 0 Å². The first-order valence-corrected chi connectivity index (χ1v) is 7.28. The molecule has 20 heavy (non-hydrogen) atoms. The standard InChI is InChI=1S/C13H16BrN3O3/c14-9-5-8(6-10(7-9)17(19)20)13(18)16-12-4-2-1-3-11(12)15/h5-7,11-12H,1-4,15H2,(H,16,18)/t11-,12-/m1/s1. The van der Waals surface area contributed by atoms with Crippen LogP contribution < -0.4 is 11.1 Å². The van der Waals surface area contributed by atoms with E-state index in [0.29, 0.717) is 4.47 Å². The van der Waals surface area contributed by atoms with Gasteiger partial charge in [0.25, 0.3) is 11.6 Å². The fraction of sp³-hybridized carbons (Fsp3) is 0.462. The third-order valence-electron chi connectivity index (χ3n) is 3.49. The third-order valence-corrected chi connectivity index (χ3v) is 3.95. The van der Waals surface area contributed by atoms with Crippen LogP contribution in [0.5, 0.6) is 0 Å². The van der Waals surface area contributed by atoms with Crippen molar-refractivity contribution in [1.29, 1.82) is 0 Å². The van der Waals surface area contributed by atoms with Crippen LogP contribution in [-0.4, -0.2) is 22.9 Å².